The SMILES string of the molecule is O=C(O)COc1cc(Cl)c(Cc2ccc(O)c(-c3ccc(F)c(F)c3)c2)c(Cl)c1. The molecule has 0 bridgehead atoms. The molecule has 0 heterocycles. The smallest absolute Gasteiger partial charge is 0.341 e. The van der Waals surface area contributed by atoms with Crippen LogP contribution in [-0.4, -0.2) is 22.8 Å². The molecule has 3 aromatic carbocycles. The number of carboxylic acid groups (broad SMARTS) is 1. The van der Waals surface area contributed by atoms with Gasteiger partial charge >= 0.3 is 5.97 Å². The molecule has 0 aliphatic heterocycles. The summed E-state index contributed by atoms with van der Waals surface area (Å²) >= 11 is 12.5. The number of hydrogen-bond donors (Lipinski definition) is 2. The first-order valence-electron chi connectivity index (χ1n) is 8.34. The number of rotatable bonds is 6. The van der Waals surface area contributed by atoms with Gasteiger partial charge in [0.25, 0.3) is 0 Å². The molecule has 0 unspecified atom stereocenters. The van der Waals surface area contributed by atoms with E-state index in [0.29, 0.717) is 22.3 Å². The summed E-state index contributed by atoms with van der Waals surface area (Å²) in [5, 5.41) is 19.4. The summed E-state index contributed by atoms with van der Waals surface area (Å²) in [5.74, 6) is -2.99. The largest absolute Gasteiger partial charge is 0.507 e. The lowest BCUT2D eigenvalue weighted by Gasteiger charge is -2.12. The molecule has 0 amide bonds. The molecule has 0 fully saturated rings. The van der Waals surface area contributed by atoms with Crippen molar-refractivity contribution in [1.82, 2.24) is 0 Å². The van der Waals surface area contributed by atoms with E-state index in [-0.39, 0.29) is 28.0 Å². The molecule has 0 aliphatic carbocycles. The molecule has 150 valence electrons. The van der Waals surface area contributed by atoms with Crippen molar-refractivity contribution < 1.29 is 28.5 Å². The van der Waals surface area contributed by atoms with Gasteiger partial charge in [0.1, 0.15) is 11.5 Å². The fourth-order valence-corrected chi connectivity index (χ4v) is 3.37. The van der Waals surface area contributed by atoms with E-state index in [1.165, 1.54) is 24.3 Å². The van der Waals surface area contributed by atoms with Gasteiger partial charge in [-0.15, -0.1) is 0 Å². The van der Waals surface area contributed by atoms with Gasteiger partial charge in [0.15, 0.2) is 18.2 Å². The molecule has 3 rings (SSSR count). The molecule has 0 atom stereocenters. The Labute approximate surface area is 174 Å². The van der Waals surface area contributed by atoms with E-state index in [4.69, 9.17) is 33.0 Å². The Hall–Kier alpha value is -2.83. The summed E-state index contributed by atoms with van der Waals surface area (Å²) in [6.07, 6.45) is 0.286. The van der Waals surface area contributed by atoms with Gasteiger partial charge in [-0.25, -0.2) is 13.6 Å². The summed E-state index contributed by atoms with van der Waals surface area (Å²) in [5.41, 5.74) is 1.93. The van der Waals surface area contributed by atoms with Gasteiger partial charge in [-0.2, -0.15) is 0 Å². The molecular weight excluding hydrogens is 425 g/mol. The normalized spacial score (nSPS) is 10.8. The summed E-state index contributed by atoms with van der Waals surface area (Å²) in [6.45, 7) is -0.526. The number of carboxylic acids is 1. The minimum Gasteiger partial charge on any atom is -0.507 e. The first-order chi connectivity index (χ1) is 13.7. The third-order valence-corrected chi connectivity index (χ3v) is 4.82. The van der Waals surface area contributed by atoms with Crippen LogP contribution in [0.2, 0.25) is 10.0 Å². The van der Waals surface area contributed by atoms with Crippen LogP contribution in [0.25, 0.3) is 11.1 Å². The van der Waals surface area contributed by atoms with Crippen LogP contribution in [0.4, 0.5) is 8.78 Å². The summed E-state index contributed by atoms with van der Waals surface area (Å²) in [7, 11) is 0. The van der Waals surface area contributed by atoms with E-state index < -0.39 is 24.2 Å². The second kappa shape index (κ2) is 8.68. The Morgan fingerprint density at radius 1 is 0.966 bits per heavy atom. The fraction of sp³-hybridized carbons (Fsp3) is 0.0952. The Morgan fingerprint density at radius 2 is 1.66 bits per heavy atom. The van der Waals surface area contributed by atoms with Crippen molar-refractivity contribution in [2.75, 3.05) is 6.61 Å². The number of carbonyl (C=O) groups is 1. The van der Waals surface area contributed by atoms with Gasteiger partial charge < -0.3 is 14.9 Å². The highest BCUT2D eigenvalue weighted by Gasteiger charge is 2.14. The fourth-order valence-electron chi connectivity index (χ4n) is 2.77. The molecule has 0 radical (unpaired) electrons. The maximum atomic E-state index is 13.6. The molecule has 0 spiro atoms. The Balaban J connectivity index is 1.91. The molecule has 0 aliphatic rings. The van der Waals surface area contributed by atoms with E-state index in [2.05, 4.69) is 0 Å². The van der Waals surface area contributed by atoms with Crippen molar-refractivity contribution in [3.05, 3.63) is 81.3 Å². The lowest BCUT2D eigenvalue weighted by Crippen LogP contribution is -2.09. The number of aliphatic carboxylic acids is 1. The van der Waals surface area contributed by atoms with E-state index >= 15 is 0 Å². The van der Waals surface area contributed by atoms with Crippen LogP contribution in [0.5, 0.6) is 11.5 Å². The predicted molar refractivity (Wildman–Crippen MR) is 106 cm³/mol. The summed E-state index contributed by atoms with van der Waals surface area (Å²) < 4.78 is 31.8. The number of hydrogen-bond acceptors (Lipinski definition) is 3. The maximum absolute atomic E-state index is 13.6. The van der Waals surface area contributed by atoms with Crippen molar-refractivity contribution in [3.8, 4) is 22.6 Å². The van der Waals surface area contributed by atoms with Crippen molar-refractivity contribution in [1.29, 1.82) is 0 Å². The number of aromatic hydroxyl groups is 1. The minimum atomic E-state index is -1.13. The Bertz CT molecular complexity index is 1060. The first-order valence-corrected chi connectivity index (χ1v) is 9.10. The number of halogens is 4. The van der Waals surface area contributed by atoms with Crippen LogP contribution in [0, 0.1) is 11.6 Å². The highest BCUT2D eigenvalue weighted by Crippen LogP contribution is 2.35. The van der Waals surface area contributed by atoms with Crippen LogP contribution in [-0.2, 0) is 11.2 Å². The Kier molecular flexibility index (Phi) is 6.25. The second-order valence-corrected chi connectivity index (χ2v) is 7.02. The molecule has 2 N–H and O–H groups in total. The topological polar surface area (TPSA) is 66.8 Å². The highest BCUT2D eigenvalue weighted by molar-refractivity contribution is 6.36. The van der Waals surface area contributed by atoms with Gasteiger partial charge in [-0.1, -0.05) is 35.3 Å². The average Bonchev–Trinajstić information content (AvgIpc) is 2.66. The van der Waals surface area contributed by atoms with Crippen molar-refractivity contribution in [3.63, 3.8) is 0 Å². The van der Waals surface area contributed by atoms with Crippen LogP contribution in [0.3, 0.4) is 0 Å². The molecule has 29 heavy (non-hydrogen) atoms. The van der Waals surface area contributed by atoms with Gasteiger partial charge in [-0.05, 0) is 53.1 Å². The summed E-state index contributed by atoms with van der Waals surface area (Å²) in [4.78, 5) is 10.6. The number of benzene rings is 3. The number of phenols is 1. The third-order valence-electron chi connectivity index (χ3n) is 4.15. The van der Waals surface area contributed by atoms with E-state index in [1.807, 2.05) is 0 Å². The first kappa shape index (κ1) is 20.9. The Morgan fingerprint density at radius 3 is 2.28 bits per heavy atom. The van der Waals surface area contributed by atoms with Crippen molar-refractivity contribution in [2.24, 2.45) is 0 Å². The van der Waals surface area contributed by atoms with Crippen molar-refractivity contribution >= 4 is 29.2 Å². The van der Waals surface area contributed by atoms with Crippen LogP contribution in [0.1, 0.15) is 11.1 Å². The van der Waals surface area contributed by atoms with E-state index in [1.54, 1.807) is 12.1 Å². The maximum Gasteiger partial charge on any atom is 0.341 e. The molecular formula is C21H14Cl2F2O4. The third kappa shape index (κ3) is 4.96. The van der Waals surface area contributed by atoms with Gasteiger partial charge in [0.05, 0.1) is 0 Å². The molecule has 0 aromatic heterocycles. The number of ether oxygens (including phenoxy) is 1. The zero-order valence-corrected chi connectivity index (χ0v) is 16.3. The van der Waals surface area contributed by atoms with Crippen LogP contribution < -0.4 is 4.74 Å². The standard InChI is InChI=1S/C21H14Cl2F2O4/c22-16-8-13(29-10-21(27)28)9-17(23)15(16)6-11-1-4-20(26)14(5-11)12-2-3-18(24)19(25)7-12/h1-5,7-9,26H,6,10H2,(H,27,28). The van der Waals surface area contributed by atoms with E-state index in [9.17, 15) is 18.7 Å². The predicted octanol–water partition coefficient (Wildman–Crippen LogP) is 5.70. The monoisotopic (exact) mass is 438 g/mol. The van der Waals surface area contributed by atoms with E-state index in [0.717, 1.165) is 12.1 Å². The minimum absolute atomic E-state index is 0.0885. The van der Waals surface area contributed by atoms with Gasteiger partial charge in [0, 0.05) is 22.0 Å². The molecule has 4 nitrogen and oxygen atoms in total. The lowest BCUT2D eigenvalue weighted by molar-refractivity contribution is -0.139. The molecule has 3 aromatic rings. The second-order valence-electron chi connectivity index (χ2n) is 6.21. The highest BCUT2D eigenvalue weighted by atomic mass is 35.5. The molecule has 0 saturated heterocycles. The lowest BCUT2D eigenvalue weighted by atomic mass is 9.98. The summed E-state index contributed by atoms with van der Waals surface area (Å²) in [6, 6.07) is 11.0. The number of phenolic OH excluding ortho intramolecular Hbond substituents is 1. The van der Waals surface area contributed by atoms with Crippen LogP contribution in [0.15, 0.2) is 48.5 Å². The average molecular weight is 439 g/mol. The quantitative estimate of drug-likeness (QED) is 0.517. The van der Waals surface area contributed by atoms with Crippen molar-refractivity contribution in [2.45, 2.75) is 6.42 Å². The van der Waals surface area contributed by atoms with Gasteiger partial charge in [0.2, 0.25) is 0 Å². The molecule has 0 saturated carbocycles. The molecule has 8 heteroatoms. The zero-order valence-electron chi connectivity index (χ0n) is 14.8. The van der Waals surface area contributed by atoms with Gasteiger partial charge in [-0.3, -0.25) is 0 Å². The zero-order chi connectivity index (χ0) is 21.1. The van der Waals surface area contributed by atoms with Crippen LogP contribution >= 0.6 is 23.2 Å².